The largest absolute Gasteiger partial charge is 0.372 e. The summed E-state index contributed by atoms with van der Waals surface area (Å²) in [5, 5.41) is 31.7. The third kappa shape index (κ3) is 6.03. The van der Waals surface area contributed by atoms with E-state index in [4.69, 9.17) is 0 Å². The van der Waals surface area contributed by atoms with Crippen LogP contribution in [0.5, 0.6) is 0 Å². The van der Waals surface area contributed by atoms with Crippen molar-refractivity contribution in [1.29, 1.82) is 10.5 Å². The van der Waals surface area contributed by atoms with Crippen LogP contribution in [0.4, 0.5) is 22.7 Å². The third-order valence-electron chi connectivity index (χ3n) is 6.48. The number of rotatable bonds is 9. The average Bonchev–Trinajstić information content (AvgIpc) is 2.96. The highest BCUT2D eigenvalue weighted by Crippen LogP contribution is 2.34. The number of anilines is 2. The molecule has 0 bridgehead atoms. The number of nitriles is 2. The lowest BCUT2D eigenvalue weighted by atomic mass is 9.87. The van der Waals surface area contributed by atoms with Gasteiger partial charge in [-0.05, 0) is 61.9 Å². The van der Waals surface area contributed by atoms with Crippen molar-refractivity contribution >= 4 is 39.6 Å². The molecule has 0 saturated carbocycles. The van der Waals surface area contributed by atoms with Crippen LogP contribution in [0.1, 0.15) is 44.0 Å². The first-order valence-electron chi connectivity index (χ1n) is 12.8. The Balaban J connectivity index is 1.60. The lowest BCUT2D eigenvalue weighted by molar-refractivity contribution is -0.114. The molecule has 0 fully saturated rings. The molecule has 1 amide bonds. The van der Waals surface area contributed by atoms with E-state index < -0.39 is 11.8 Å². The average molecular weight is 533 g/mol. The highest BCUT2D eigenvalue weighted by Gasteiger charge is 2.27. The molecule has 4 aromatic rings. The van der Waals surface area contributed by atoms with Gasteiger partial charge in [0.1, 0.15) is 17.4 Å². The number of azo groups is 1. The molecule has 0 aliphatic rings. The quantitative estimate of drug-likeness (QED) is 0.250. The lowest BCUT2D eigenvalue weighted by Crippen LogP contribution is -2.21. The fourth-order valence-electron chi connectivity index (χ4n) is 4.43. The monoisotopic (exact) mass is 532 g/mol. The van der Waals surface area contributed by atoms with Gasteiger partial charge in [0.15, 0.2) is 0 Å². The van der Waals surface area contributed by atoms with E-state index in [-0.39, 0.29) is 17.3 Å². The second-order valence-electron chi connectivity index (χ2n) is 9.03. The minimum Gasteiger partial charge on any atom is -0.372 e. The summed E-state index contributed by atoms with van der Waals surface area (Å²) in [5.74, 6) is -1.94. The van der Waals surface area contributed by atoms with Crippen LogP contribution < -0.4 is 15.8 Å². The summed E-state index contributed by atoms with van der Waals surface area (Å²) in [6.07, 6.45) is 0. The van der Waals surface area contributed by atoms with Crippen LogP contribution in [0.2, 0.25) is 0 Å². The predicted molar refractivity (Wildman–Crippen MR) is 154 cm³/mol. The molecule has 2 unspecified atom stereocenters. The molecule has 10 heteroatoms. The Morgan fingerprint density at radius 2 is 1.70 bits per heavy atom. The van der Waals surface area contributed by atoms with E-state index in [2.05, 4.69) is 56.4 Å². The molecular formula is C30H28N8O2. The molecule has 1 aromatic heterocycles. The van der Waals surface area contributed by atoms with Gasteiger partial charge in [-0.15, -0.1) is 5.11 Å². The van der Waals surface area contributed by atoms with Gasteiger partial charge >= 0.3 is 0 Å². The second kappa shape index (κ2) is 12.5. The molecule has 40 heavy (non-hydrogen) atoms. The zero-order chi connectivity index (χ0) is 28.6. The Labute approximate surface area is 231 Å². The van der Waals surface area contributed by atoms with Crippen LogP contribution in [0.15, 0.2) is 81.8 Å². The van der Waals surface area contributed by atoms with Crippen molar-refractivity contribution in [3.8, 4) is 12.1 Å². The number of nitrogens with one attached hydrogen (secondary N) is 2. The van der Waals surface area contributed by atoms with Crippen LogP contribution in [0, 0.1) is 22.7 Å². The number of fused-ring (bicyclic) bond motifs is 1. The molecule has 4 rings (SSSR count). The molecule has 0 spiro atoms. The highest BCUT2D eigenvalue weighted by atomic mass is 16.1. The van der Waals surface area contributed by atoms with Gasteiger partial charge in [-0.25, -0.2) is 4.98 Å². The maximum atomic E-state index is 12.5. The van der Waals surface area contributed by atoms with E-state index in [1.165, 1.54) is 6.92 Å². The van der Waals surface area contributed by atoms with Gasteiger partial charge in [-0.2, -0.15) is 15.6 Å². The summed E-state index contributed by atoms with van der Waals surface area (Å²) in [7, 11) is 0. The third-order valence-corrected chi connectivity index (χ3v) is 6.48. The number of nitrogens with zero attached hydrogens (tertiary/aromatic N) is 6. The van der Waals surface area contributed by atoms with E-state index in [1.54, 1.807) is 54.6 Å². The molecule has 0 saturated heterocycles. The summed E-state index contributed by atoms with van der Waals surface area (Å²) < 4.78 is 0. The second-order valence-corrected chi connectivity index (χ2v) is 9.03. The van der Waals surface area contributed by atoms with Gasteiger partial charge in [-0.1, -0.05) is 24.3 Å². The standard InChI is InChI=1S/C30H28N8O2/c1-4-38(5-2)22-14-15-27(28(16-22)33-19(3)39)37-36-21-12-10-20(11-13-21)24(17-31)25(18-32)29-34-26-9-7-6-8-23(26)30(40)35-29/h6-16,24-25H,4-5H2,1-3H3,(H,33,39)(H,34,35,40). The van der Waals surface area contributed by atoms with E-state index in [9.17, 15) is 20.1 Å². The molecule has 2 N–H and O–H groups in total. The van der Waals surface area contributed by atoms with Gasteiger partial charge in [0.05, 0.1) is 40.3 Å². The van der Waals surface area contributed by atoms with E-state index in [0.29, 0.717) is 33.5 Å². The zero-order valence-electron chi connectivity index (χ0n) is 22.4. The number of benzene rings is 3. The summed E-state index contributed by atoms with van der Waals surface area (Å²) >= 11 is 0. The van der Waals surface area contributed by atoms with Gasteiger partial charge < -0.3 is 15.2 Å². The molecule has 200 valence electrons. The molecule has 0 aliphatic carbocycles. The van der Waals surface area contributed by atoms with Crippen molar-refractivity contribution in [2.75, 3.05) is 23.3 Å². The first-order valence-corrected chi connectivity index (χ1v) is 12.8. The number of carbonyl (C=O) groups excluding carboxylic acids is 1. The van der Waals surface area contributed by atoms with Gasteiger partial charge in [0, 0.05) is 25.7 Å². The summed E-state index contributed by atoms with van der Waals surface area (Å²) in [6.45, 7) is 7.21. The Morgan fingerprint density at radius 1 is 1.00 bits per heavy atom. The van der Waals surface area contributed by atoms with Crippen molar-refractivity contribution in [2.45, 2.75) is 32.6 Å². The lowest BCUT2D eigenvalue weighted by Gasteiger charge is -2.22. The van der Waals surface area contributed by atoms with Gasteiger partial charge in [-0.3, -0.25) is 9.59 Å². The first-order chi connectivity index (χ1) is 19.4. The number of carbonyl (C=O) groups is 1. The molecule has 0 radical (unpaired) electrons. The summed E-state index contributed by atoms with van der Waals surface area (Å²) in [5.41, 5.74) is 3.21. The molecular weight excluding hydrogens is 504 g/mol. The number of hydrogen-bond acceptors (Lipinski definition) is 8. The van der Waals surface area contributed by atoms with Crippen molar-refractivity contribution in [1.82, 2.24) is 9.97 Å². The normalized spacial score (nSPS) is 12.4. The Hall–Kier alpha value is -5.35. The fourth-order valence-corrected chi connectivity index (χ4v) is 4.43. The number of hydrogen-bond donors (Lipinski definition) is 2. The number of aromatic amines is 1. The van der Waals surface area contributed by atoms with Crippen molar-refractivity contribution < 1.29 is 4.79 Å². The fraction of sp³-hybridized carbons (Fsp3) is 0.233. The van der Waals surface area contributed by atoms with E-state index in [1.807, 2.05) is 12.1 Å². The van der Waals surface area contributed by atoms with Crippen LogP contribution >= 0.6 is 0 Å². The smallest absolute Gasteiger partial charge is 0.258 e. The summed E-state index contributed by atoms with van der Waals surface area (Å²) in [6, 6.07) is 23.5. The maximum absolute atomic E-state index is 12.5. The Bertz CT molecular complexity index is 1690. The molecule has 1 heterocycles. The van der Waals surface area contributed by atoms with Gasteiger partial charge in [0.2, 0.25) is 5.91 Å². The molecule has 3 aromatic carbocycles. The van der Waals surface area contributed by atoms with E-state index >= 15 is 0 Å². The maximum Gasteiger partial charge on any atom is 0.258 e. The zero-order valence-corrected chi connectivity index (χ0v) is 22.4. The number of aromatic nitrogens is 2. The predicted octanol–water partition coefficient (Wildman–Crippen LogP) is 6.06. The summed E-state index contributed by atoms with van der Waals surface area (Å²) in [4.78, 5) is 33.6. The van der Waals surface area contributed by atoms with Crippen molar-refractivity contribution in [2.24, 2.45) is 10.2 Å². The Kier molecular flexibility index (Phi) is 8.62. The topological polar surface area (TPSA) is 150 Å². The van der Waals surface area contributed by atoms with Crippen LogP contribution in [0.3, 0.4) is 0 Å². The first kappa shape index (κ1) is 27.7. The van der Waals surface area contributed by atoms with Crippen LogP contribution in [-0.4, -0.2) is 29.0 Å². The minimum absolute atomic E-state index is 0.139. The highest BCUT2D eigenvalue weighted by molar-refractivity contribution is 5.93. The van der Waals surface area contributed by atoms with Crippen molar-refractivity contribution in [3.05, 3.63) is 88.5 Å². The number of amides is 1. The van der Waals surface area contributed by atoms with E-state index in [0.717, 1.165) is 18.8 Å². The number of para-hydroxylation sites is 1. The molecule has 0 aliphatic heterocycles. The Morgan fingerprint density at radius 3 is 2.35 bits per heavy atom. The molecule has 10 nitrogen and oxygen atoms in total. The molecule has 2 atom stereocenters. The van der Waals surface area contributed by atoms with Gasteiger partial charge in [0.25, 0.3) is 5.56 Å². The minimum atomic E-state index is -0.987. The number of H-pyrrole nitrogens is 1. The van der Waals surface area contributed by atoms with Crippen molar-refractivity contribution in [3.63, 3.8) is 0 Å². The van der Waals surface area contributed by atoms with Crippen LogP contribution in [0.25, 0.3) is 10.9 Å². The SMILES string of the molecule is CCN(CC)c1ccc(N=Nc2ccc(C(C#N)C(C#N)c3nc4ccccc4c(=O)[nH]3)cc2)c(NC(C)=O)c1. The van der Waals surface area contributed by atoms with Crippen LogP contribution in [-0.2, 0) is 4.79 Å².